The summed E-state index contributed by atoms with van der Waals surface area (Å²) in [6.45, 7) is 2.62. The van der Waals surface area contributed by atoms with Gasteiger partial charge in [-0.3, -0.25) is 4.79 Å². The van der Waals surface area contributed by atoms with Crippen LogP contribution in [-0.2, 0) is 0 Å². The average molecular weight is 413 g/mol. The molecule has 4 aromatic rings. The topological polar surface area (TPSA) is 68.5 Å². The second-order valence-electron chi connectivity index (χ2n) is 7.80. The molecule has 1 amide bonds. The first-order chi connectivity index (χ1) is 15.1. The van der Waals surface area contributed by atoms with Crippen molar-refractivity contribution in [2.24, 2.45) is 0 Å². The van der Waals surface area contributed by atoms with Gasteiger partial charge in [0, 0.05) is 29.3 Å². The summed E-state index contributed by atoms with van der Waals surface area (Å²) < 4.78 is 11.0. The van der Waals surface area contributed by atoms with Crippen LogP contribution in [0.4, 0.5) is 0 Å². The molecule has 0 radical (unpaired) electrons. The minimum Gasteiger partial charge on any atom is -0.497 e. The van der Waals surface area contributed by atoms with Crippen molar-refractivity contribution in [2.75, 3.05) is 13.7 Å². The fraction of sp³-hybridized carbons (Fsp3) is 0.240. The number of amides is 1. The molecule has 0 N–H and O–H groups in total. The first-order valence-corrected chi connectivity index (χ1v) is 10.4. The number of rotatable bonds is 4. The Balaban J connectivity index is 1.45. The van der Waals surface area contributed by atoms with Crippen molar-refractivity contribution in [3.8, 4) is 17.1 Å². The van der Waals surface area contributed by atoms with Crippen molar-refractivity contribution in [1.29, 1.82) is 0 Å². The third-order valence-electron chi connectivity index (χ3n) is 5.75. The number of hydrogen-bond acceptors (Lipinski definition) is 5. The molecule has 0 aliphatic carbocycles. The highest BCUT2D eigenvalue weighted by Crippen LogP contribution is 2.33. The average Bonchev–Trinajstić information content (AvgIpc) is 3.44. The van der Waals surface area contributed by atoms with Gasteiger partial charge in [-0.2, -0.15) is 0 Å². The van der Waals surface area contributed by atoms with Gasteiger partial charge in [-0.05, 0) is 62.2 Å². The van der Waals surface area contributed by atoms with Gasteiger partial charge in [-0.25, -0.2) is 9.97 Å². The van der Waals surface area contributed by atoms with E-state index in [0.29, 0.717) is 17.9 Å². The van der Waals surface area contributed by atoms with E-state index in [9.17, 15) is 4.79 Å². The van der Waals surface area contributed by atoms with E-state index in [1.807, 2.05) is 66.4 Å². The zero-order chi connectivity index (χ0) is 21.4. The number of carbonyl (C=O) groups is 1. The van der Waals surface area contributed by atoms with Gasteiger partial charge >= 0.3 is 0 Å². The molecule has 1 saturated heterocycles. The molecule has 0 spiro atoms. The van der Waals surface area contributed by atoms with E-state index >= 15 is 0 Å². The lowest BCUT2D eigenvalue weighted by Crippen LogP contribution is -2.31. The molecule has 1 atom stereocenters. The highest BCUT2D eigenvalue weighted by Gasteiger charge is 2.32. The summed E-state index contributed by atoms with van der Waals surface area (Å²) in [6, 6.07) is 17.1. The highest BCUT2D eigenvalue weighted by atomic mass is 16.5. The summed E-state index contributed by atoms with van der Waals surface area (Å²) in [6.07, 6.45) is 3.59. The molecule has 6 nitrogen and oxygen atoms in total. The van der Waals surface area contributed by atoms with Crippen LogP contribution in [0, 0.1) is 6.92 Å². The molecule has 156 valence electrons. The van der Waals surface area contributed by atoms with Crippen LogP contribution < -0.4 is 4.74 Å². The predicted molar refractivity (Wildman–Crippen MR) is 118 cm³/mol. The smallest absolute Gasteiger partial charge is 0.254 e. The molecule has 0 unspecified atom stereocenters. The highest BCUT2D eigenvalue weighted by molar-refractivity contribution is 5.98. The molecule has 0 bridgehead atoms. The van der Waals surface area contributed by atoms with Crippen LogP contribution in [0.5, 0.6) is 5.75 Å². The fourth-order valence-electron chi connectivity index (χ4n) is 4.25. The Bertz CT molecular complexity index is 1260. The van der Waals surface area contributed by atoms with Crippen molar-refractivity contribution in [1.82, 2.24) is 14.9 Å². The molecular formula is C25H23N3O3. The van der Waals surface area contributed by atoms with Crippen LogP contribution in [0.1, 0.15) is 40.7 Å². The maximum absolute atomic E-state index is 13.4. The summed E-state index contributed by atoms with van der Waals surface area (Å²) >= 11 is 0. The van der Waals surface area contributed by atoms with Crippen LogP contribution >= 0.6 is 0 Å². The number of nitrogens with zero attached hydrogens (tertiary/aromatic N) is 3. The van der Waals surface area contributed by atoms with Gasteiger partial charge < -0.3 is 14.1 Å². The van der Waals surface area contributed by atoms with Crippen molar-refractivity contribution in [3.05, 3.63) is 77.8 Å². The third kappa shape index (κ3) is 3.65. The monoisotopic (exact) mass is 413 g/mol. The minimum atomic E-state index is -0.0679. The fourth-order valence-corrected chi connectivity index (χ4v) is 4.25. The quantitative estimate of drug-likeness (QED) is 0.461. The van der Waals surface area contributed by atoms with Crippen LogP contribution in [-0.4, -0.2) is 34.4 Å². The zero-order valence-corrected chi connectivity index (χ0v) is 17.5. The largest absolute Gasteiger partial charge is 0.497 e. The van der Waals surface area contributed by atoms with Gasteiger partial charge in [0.15, 0.2) is 5.82 Å². The Morgan fingerprint density at radius 1 is 1.16 bits per heavy atom. The standard InChI is InChI=1S/C25H23N3O3/c1-16-13-19-14-18(8-9-23(19)31-16)25(29)28-12-4-7-22(28)21-10-11-26-24(27-21)17-5-3-6-20(15-17)30-2/h3,5-6,8-11,13-15,22H,4,7,12H2,1-2H3/t22-/m1/s1. The number of furan rings is 1. The zero-order valence-electron chi connectivity index (χ0n) is 17.5. The number of aryl methyl sites for hydroxylation is 1. The second-order valence-corrected chi connectivity index (χ2v) is 7.80. The Hall–Kier alpha value is -3.67. The Morgan fingerprint density at radius 3 is 2.94 bits per heavy atom. The van der Waals surface area contributed by atoms with Crippen molar-refractivity contribution < 1.29 is 13.9 Å². The molecule has 6 heteroatoms. The molecule has 1 aliphatic rings. The summed E-state index contributed by atoms with van der Waals surface area (Å²) in [7, 11) is 1.64. The first kappa shape index (κ1) is 19.3. The summed E-state index contributed by atoms with van der Waals surface area (Å²) in [5.74, 6) is 2.24. The van der Waals surface area contributed by atoms with E-state index in [-0.39, 0.29) is 11.9 Å². The van der Waals surface area contributed by atoms with Gasteiger partial charge in [0.1, 0.15) is 17.1 Å². The molecule has 3 heterocycles. The Kier molecular flexibility index (Phi) is 4.90. The lowest BCUT2D eigenvalue weighted by Gasteiger charge is -2.24. The molecule has 2 aromatic heterocycles. The van der Waals surface area contributed by atoms with Crippen molar-refractivity contribution in [2.45, 2.75) is 25.8 Å². The van der Waals surface area contributed by atoms with Gasteiger partial charge in [0.2, 0.25) is 0 Å². The van der Waals surface area contributed by atoms with Gasteiger partial charge in [0.05, 0.1) is 18.8 Å². The van der Waals surface area contributed by atoms with Gasteiger partial charge in [-0.15, -0.1) is 0 Å². The summed E-state index contributed by atoms with van der Waals surface area (Å²) in [5.41, 5.74) is 3.21. The lowest BCUT2D eigenvalue weighted by molar-refractivity contribution is 0.0733. The molecule has 1 fully saturated rings. The maximum atomic E-state index is 13.4. The van der Waals surface area contributed by atoms with Crippen LogP contribution in [0.3, 0.4) is 0 Å². The molecule has 5 rings (SSSR count). The number of carbonyl (C=O) groups excluding carboxylic acids is 1. The lowest BCUT2D eigenvalue weighted by atomic mass is 10.1. The molecular weight excluding hydrogens is 390 g/mol. The third-order valence-corrected chi connectivity index (χ3v) is 5.75. The number of benzene rings is 2. The maximum Gasteiger partial charge on any atom is 0.254 e. The SMILES string of the molecule is COc1cccc(-c2nccc([C@H]3CCCN3C(=O)c3ccc4oc(C)cc4c3)n2)c1. The number of hydrogen-bond donors (Lipinski definition) is 0. The Morgan fingerprint density at radius 2 is 2.06 bits per heavy atom. The number of fused-ring (bicyclic) bond motifs is 1. The van der Waals surface area contributed by atoms with Gasteiger partial charge in [0.25, 0.3) is 5.91 Å². The van der Waals surface area contributed by atoms with E-state index in [1.54, 1.807) is 13.3 Å². The molecule has 1 aliphatic heterocycles. The second kappa shape index (κ2) is 7.87. The summed E-state index contributed by atoms with van der Waals surface area (Å²) in [5, 5.41) is 0.946. The van der Waals surface area contributed by atoms with E-state index in [2.05, 4.69) is 4.98 Å². The number of likely N-dealkylation sites (tertiary alicyclic amines) is 1. The number of methoxy groups -OCH3 is 1. The number of ether oxygens (including phenoxy) is 1. The predicted octanol–water partition coefficient (Wildman–Crippen LogP) is 5.18. The van der Waals surface area contributed by atoms with E-state index in [0.717, 1.165) is 46.6 Å². The molecule has 0 saturated carbocycles. The van der Waals surface area contributed by atoms with Crippen molar-refractivity contribution in [3.63, 3.8) is 0 Å². The van der Waals surface area contributed by atoms with E-state index in [4.69, 9.17) is 14.1 Å². The normalized spacial score (nSPS) is 16.1. The Labute approximate surface area is 180 Å². The minimum absolute atomic E-state index is 0.0183. The van der Waals surface area contributed by atoms with Crippen LogP contribution in [0.2, 0.25) is 0 Å². The molecule has 31 heavy (non-hydrogen) atoms. The van der Waals surface area contributed by atoms with Crippen LogP contribution in [0.25, 0.3) is 22.4 Å². The van der Waals surface area contributed by atoms with E-state index in [1.165, 1.54) is 0 Å². The number of aromatic nitrogens is 2. The van der Waals surface area contributed by atoms with Crippen molar-refractivity contribution >= 4 is 16.9 Å². The van der Waals surface area contributed by atoms with Gasteiger partial charge in [-0.1, -0.05) is 12.1 Å². The summed E-state index contributed by atoms with van der Waals surface area (Å²) in [4.78, 5) is 24.5. The first-order valence-electron chi connectivity index (χ1n) is 10.4. The molecule has 2 aromatic carbocycles. The van der Waals surface area contributed by atoms with Crippen LogP contribution in [0.15, 0.2) is 65.2 Å². The van der Waals surface area contributed by atoms with E-state index < -0.39 is 0 Å².